The van der Waals surface area contributed by atoms with Crippen LogP contribution in [0.15, 0.2) is 21.9 Å². The molecule has 17 heavy (non-hydrogen) atoms. The van der Waals surface area contributed by atoms with Gasteiger partial charge in [0.05, 0.1) is 7.11 Å². The second-order valence-corrected chi connectivity index (χ2v) is 5.99. The molecule has 0 heterocycles. The van der Waals surface area contributed by atoms with Crippen LogP contribution in [-0.2, 0) is 20.2 Å². The third-order valence-corrected chi connectivity index (χ3v) is 3.86. The Morgan fingerprint density at radius 2 is 1.59 bits per heavy atom. The van der Waals surface area contributed by atoms with Gasteiger partial charge in [0.15, 0.2) is 4.90 Å². The summed E-state index contributed by atoms with van der Waals surface area (Å²) in [5.74, 6) is -0.361. The number of methoxy groups -OCH3 is 1. The first kappa shape index (κ1) is 13.9. The molecule has 0 saturated carbocycles. The van der Waals surface area contributed by atoms with Crippen LogP contribution in [0, 0.1) is 6.92 Å². The van der Waals surface area contributed by atoms with Crippen LogP contribution < -0.4 is 4.74 Å². The molecule has 0 atom stereocenters. The van der Waals surface area contributed by atoms with Crippen LogP contribution in [-0.4, -0.2) is 33.1 Å². The van der Waals surface area contributed by atoms with Gasteiger partial charge < -0.3 is 4.74 Å². The second-order valence-electron chi connectivity index (χ2n) is 3.24. The summed E-state index contributed by atoms with van der Waals surface area (Å²) < 4.78 is 66.8. The molecule has 0 amide bonds. The van der Waals surface area contributed by atoms with Crippen molar-refractivity contribution in [3.8, 4) is 5.75 Å². The predicted octanol–water partition coefficient (Wildman–Crippen LogP) is 0.497. The van der Waals surface area contributed by atoms with Crippen molar-refractivity contribution in [3.63, 3.8) is 0 Å². The highest BCUT2D eigenvalue weighted by atomic mass is 32.2. The first-order valence-corrected chi connectivity index (χ1v) is 7.09. The fraction of sp³-hybridized carbons (Fsp3) is 0.250. The Bertz CT molecular complexity index is 643. The van der Waals surface area contributed by atoms with Gasteiger partial charge in [-0.25, -0.2) is 0 Å². The van der Waals surface area contributed by atoms with Crippen LogP contribution >= 0.6 is 0 Å². The molecule has 1 aromatic carbocycles. The Balaban J connectivity index is 3.89. The molecule has 0 radical (unpaired) electrons. The van der Waals surface area contributed by atoms with Crippen LogP contribution in [0.2, 0.25) is 0 Å². The highest BCUT2D eigenvalue weighted by Gasteiger charge is 2.28. The van der Waals surface area contributed by atoms with Crippen LogP contribution in [0.1, 0.15) is 5.56 Å². The van der Waals surface area contributed by atoms with Crippen molar-refractivity contribution in [2.24, 2.45) is 0 Å². The molecule has 2 N–H and O–H groups in total. The van der Waals surface area contributed by atoms with Crippen LogP contribution in [0.5, 0.6) is 5.75 Å². The second kappa shape index (κ2) is 4.26. The first-order chi connectivity index (χ1) is 7.57. The largest absolute Gasteiger partial charge is 0.495 e. The lowest BCUT2D eigenvalue weighted by Crippen LogP contribution is -2.10. The van der Waals surface area contributed by atoms with Gasteiger partial charge in [-0.15, -0.1) is 0 Å². The molecule has 0 aromatic heterocycles. The van der Waals surface area contributed by atoms with E-state index in [0.717, 1.165) is 13.2 Å². The maximum absolute atomic E-state index is 11.1. The maximum atomic E-state index is 11.1. The van der Waals surface area contributed by atoms with E-state index in [1.165, 1.54) is 13.0 Å². The number of ether oxygens (including phenoxy) is 1. The molecular weight excluding hydrogens is 272 g/mol. The average molecular weight is 282 g/mol. The van der Waals surface area contributed by atoms with Crippen molar-refractivity contribution in [2.45, 2.75) is 16.7 Å². The van der Waals surface area contributed by atoms with E-state index < -0.39 is 30.0 Å². The van der Waals surface area contributed by atoms with E-state index in [-0.39, 0.29) is 5.75 Å². The molecule has 7 nitrogen and oxygen atoms in total. The highest BCUT2D eigenvalue weighted by Crippen LogP contribution is 2.31. The third-order valence-electron chi connectivity index (χ3n) is 1.92. The molecule has 9 heteroatoms. The van der Waals surface area contributed by atoms with Gasteiger partial charge in [-0.05, 0) is 24.6 Å². The Labute approximate surface area is 98.5 Å². The SMILES string of the molecule is COc1cc(C)cc(S(=O)(=O)O)c1S(=O)(=O)O. The van der Waals surface area contributed by atoms with Crippen LogP contribution in [0.4, 0.5) is 0 Å². The van der Waals surface area contributed by atoms with E-state index in [9.17, 15) is 16.8 Å². The Morgan fingerprint density at radius 1 is 1.06 bits per heavy atom. The minimum absolute atomic E-state index is 0.349. The van der Waals surface area contributed by atoms with Crippen molar-refractivity contribution >= 4 is 20.2 Å². The maximum Gasteiger partial charge on any atom is 0.299 e. The van der Waals surface area contributed by atoms with Crippen molar-refractivity contribution in [2.75, 3.05) is 7.11 Å². The summed E-state index contributed by atoms with van der Waals surface area (Å²) in [6.45, 7) is 1.48. The van der Waals surface area contributed by atoms with Gasteiger partial charge in [-0.1, -0.05) is 0 Å². The Hall–Kier alpha value is -1.16. The zero-order valence-corrected chi connectivity index (χ0v) is 10.5. The van der Waals surface area contributed by atoms with Crippen LogP contribution in [0.3, 0.4) is 0 Å². The van der Waals surface area contributed by atoms with Crippen molar-refractivity contribution < 1.29 is 30.7 Å². The van der Waals surface area contributed by atoms with Crippen molar-refractivity contribution in [1.82, 2.24) is 0 Å². The zero-order chi connectivity index (χ0) is 13.4. The lowest BCUT2D eigenvalue weighted by Gasteiger charge is -2.10. The molecule has 0 fully saturated rings. The summed E-state index contributed by atoms with van der Waals surface area (Å²) in [5.41, 5.74) is 0.349. The predicted molar refractivity (Wildman–Crippen MR) is 57.4 cm³/mol. The monoisotopic (exact) mass is 282 g/mol. The standard InChI is InChI=1S/C8H10O7S2/c1-5-3-6(15-2)8(17(12,13)14)7(4-5)16(9,10)11/h3-4H,1-2H3,(H,9,10,11)(H,12,13,14). The normalized spacial score (nSPS) is 12.5. The van der Waals surface area contributed by atoms with Gasteiger partial charge in [0.25, 0.3) is 20.2 Å². The summed E-state index contributed by atoms with van der Waals surface area (Å²) >= 11 is 0. The number of hydrogen-bond acceptors (Lipinski definition) is 5. The van der Waals surface area contributed by atoms with E-state index >= 15 is 0 Å². The molecule has 0 bridgehead atoms. The Morgan fingerprint density at radius 3 is 1.94 bits per heavy atom. The van der Waals surface area contributed by atoms with Crippen molar-refractivity contribution in [3.05, 3.63) is 17.7 Å². The molecule has 1 aromatic rings. The molecular formula is C8H10O7S2. The zero-order valence-electron chi connectivity index (χ0n) is 8.91. The van der Waals surface area contributed by atoms with Gasteiger partial charge in [0.2, 0.25) is 0 Å². The number of hydrogen-bond donors (Lipinski definition) is 2. The minimum atomic E-state index is -4.84. The fourth-order valence-corrected chi connectivity index (χ4v) is 3.32. The number of rotatable bonds is 3. The molecule has 0 aliphatic heterocycles. The van der Waals surface area contributed by atoms with Gasteiger partial charge in [-0.2, -0.15) is 16.8 Å². The summed E-state index contributed by atoms with van der Waals surface area (Å²) in [6.07, 6.45) is 0. The molecule has 0 aliphatic carbocycles. The molecule has 1 rings (SSSR count). The summed E-state index contributed by atoms with van der Waals surface area (Å²) in [4.78, 5) is -1.90. The minimum Gasteiger partial charge on any atom is -0.495 e. The molecule has 0 aliphatic rings. The summed E-state index contributed by atoms with van der Waals surface area (Å²) in [7, 11) is -8.52. The van der Waals surface area contributed by atoms with Gasteiger partial charge in [0, 0.05) is 0 Å². The lowest BCUT2D eigenvalue weighted by atomic mass is 10.2. The highest BCUT2D eigenvalue weighted by molar-refractivity contribution is 7.89. The van der Waals surface area contributed by atoms with Crippen molar-refractivity contribution in [1.29, 1.82) is 0 Å². The number of aryl methyl sites for hydroxylation is 1. The van der Waals surface area contributed by atoms with E-state index in [2.05, 4.69) is 4.74 Å². The molecule has 0 spiro atoms. The summed E-state index contributed by atoms with van der Waals surface area (Å²) in [6, 6.07) is 2.14. The summed E-state index contributed by atoms with van der Waals surface area (Å²) in [5, 5.41) is 0. The topological polar surface area (TPSA) is 118 Å². The first-order valence-electron chi connectivity index (χ1n) is 4.21. The third kappa shape index (κ3) is 2.94. The van der Waals surface area contributed by atoms with E-state index in [0.29, 0.717) is 5.56 Å². The fourth-order valence-electron chi connectivity index (χ4n) is 1.31. The smallest absolute Gasteiger partial charge is 0.299 e. The van der Waals surface area contributed by atoms with Gasteiger partial charge in [-0.3, -0.25) is 9.11 Å². The van der Waals surface area contributed by atoms with Crippen LogP contribution in [0.25, 0.3) is 0 Å². The molecule has 96 valence electrons. The average Bonchev–Trinajstić information content (AvgIpc) is 2.12. The van der Waals surface area contributed by atoms with E-state index in [4.69, 9.17) is 9.11 Å². The lowest BCUT2D eigenvalue weighted by molar-refractivity contribution is 0.391. The number of benzene rings is 1. The van der Waals surface area contributed by atoms with E-state index in [1.54, 1.807) is 0 Å². The van der Waals surface area contributed by atoms with E-state index in [1.807, 2.05) is 0 Å². The molecule has 0 saturated heterocycles. The Kier molecular flexibility index (Phi) is 3.48. The van der Waals surface area contributed by atoms with Gasteiger partial charge >= 0.3 is 0 Å². The quantitative estimate of drug-likeness (QED) is 0.775. The molecule has 0 unspecified atom stereocenters. The van der Waals surface area contributed by atoms with Gasteiger partial charge in [0.1, 0.15) is 10.6 Å².